The second-order valence-corrected chi connectivity index (χ2v) is 0.577. The zero-order valence-corrected chi connectivity index (χ0v) is 10.5. The molecular formula is C2H13Cl4N2Na. The van der Waals surface area contributed by atoms with E-state index >= 15 is 0 Å². The monoisotopic (exact) mass is 228 g/mol. The summed E-state index contributed by atoms with van der Waals surface area (Å²) >= 11 is 0. The van der Waals surface area contributed by atoms with Crippen LogP contribution >= 0.6 is 49.6 Å². The van der Waals surface area contributed by atoms with Crippen LogP contribution in [0, 0.1) is 0 Å². The maximum atomic E-state index is 4.90. The average Bonchev–Trinajstić information content (AvgIpc) is 1.37. The van der Waals surface area contributed by atoms with Crippen molar-refractivity contribution >= 4 is 49.6 Å². The first-order valence-corrected chi connectivity index (χ1v) is 1.32. The Morgan fingerprint density at radius 2 is 0.889 bits per heavy atom. The minimum atomic E-state index is 0. The molecule has 0 aliphatic rings. The van der Waals surface area contributed by atoms with Crippen molar-refractivity contribution in [2.75, 3.05) is 13.1 Å². The fraction of sp³-hybridized carbons (Fsp3) is 1.00. The summed E-state index contributed by atoms with van der Waals surface area (Å²) in [5.41, 5.74) is 9.81. The molecule has 0 amide bonds. The van der Waals surface area contributed by atoms with E-state index in [0.717, 1.165) is 0 Å². The summed E-state index contributed by atoms with van der Waals surface area (Å²) in [4.78, 5) is 0. The van der Waals surface area contributed by atoms with Crippen molar-refractivity contribution in [1.82, 2.24) is 0 Å². The predicted molar refractivity (Wildman–Crippen MR) is 48.2 cm³/mol. The second kappa shape index (κ2) is 49.9. The van der Waals surface area contributed by atoms with Crippen LogP contribution in [0.3, 0.4) is 0 Å². The van der Waals surface area contributed by atoms with Gasteiger partial charge >= 0.3 is 29.6 Å². The zero-order chi connectivity index (χ0) is 3.41. The van der Waals surface area contributed by atoms with Crippen molar-refractivity contribution in [1.29, 1.82) is 0 Å². The van der Waals surface area contributed by atoms with Crippen molar-refractivity contribution in [2.45, 2.75) is 0 Å². The van der Waals surface area contributed by atoms with Gasteiger partial charge < -0.3 is 12.9 Å². The molecule has 0 aromatic carbocycles. The van der Waals surface area contributed by atoms with Gasteiger partial charge in [0, 0.05) is 13.1 Å². The zero-order valence-electron chi connectivity index (χ0n) is 6.20. The van der Waals surface area contributed by atoms with Crippen LogP contribution < -0.4 is 41.0 Å². The molecule has 0 atom stereocenters. The number of nitrogens with two attached hydrogens (primary N) is 2. The van der Waals surface area contributed by atoms with Crippen molar-refractivity contribution in [3.8, 4) is 0 Å². The molecule has 0 aliphatic heterocycles. The Morgan fingerprint density at radius 3 is 0.889 bits per heavy atom. The van der Waals surface area contributed by atoms with Gasteiger partial charge in [-0.15, -0.1) is 49.6 Å². The molecule has 0 radical (unpaired) electrons. The summed E-state index contributed by atoms with van der Waals surface area (Å²) in [5, 5.41) is 0. The molecule has 60 valence electrons. The molecule has 0 aromatic rings. The molecule has 0 heterocycles. The summed E-state index contributed by atoms with van der Waals surface area (Å²) < 4.78 is 0. The molecular weight excluding hydrogens is 217 g/mol. The maximum Gasteiger partial charge on any atom is 1.00 e. The predicted octanol–water partition coefficient (Wildman–Crippen LogP) is -2.29. The normalized spacial score (nSPS) is 3.33. The molecule has 0 spiro atoms. The van der Waals surface area contributed by atoms with Crippen molar-refractivity contribution in [2.24, 2.45) is 11.5 Å². The van der Waals surface area contributed by atoms with Gasteiger partial charge in [0.2, 0.25) is 0 Å². The van der Waals surface area contributed by atoms with E-state index in [0.29, 0.717) is 13.1 Å². The van der Waals surface area contributed by atoms with E-state index < -0.39 is 0 Å². The molecule has 0 saturated heterocycles. The van der Waals surface area contributed by atoms with Gasteiger partial charge in [-0.1, -0.05) is 0 Å². The SMILES string of the molecule is Cl.Cl.Cl.Cl.NCCN.[H-].[Na+]. The molecule has 0 rings (SSSR count). The van der Waals surface area contributed by atoms with Crippen LogP contribution in [0.25, 0.3) is 0 Å². The smallest absolute Gasteiger partial charge is 1.00 e. The van der Waals surface area contributed by atoms with Crippen LogP contribution in [-0.4, -0.2) is 13.1 Å². The van der Waals surface area contributed by atoms with E-state index in [-0.39, 0.29) is 80.6 Å². The van der Waals surface area contributed by atoms with Gasteiger partial charge in [0.05, 0.1) is 0 Å². The minimum Gasteiger partial charge on any atom is -1.00 e. The van der Waals surface area contributed by atoms with Crippen LogP contribution in [0.15, 0.2) is 0 Å². The van der Waals surface area contributed by atoms with Crippen LogP contribution in [0.4, 0.5) is 0 Å². The standard InChI is InChI=1S/C2H8N2.4ClH.Na.H/c3-1-2-4;;;;;;/h1-4H2;4*1H;;/q;;;;;+1;-1. The summed E-state index contributed by atoms with van der Waals surface area (Å²) in [6.07, 6.45) is 0. The fourth-order valence-corrected chi connectivity index (χ4v) is 0. The molecule has 4 N–H and O–H groups in total. The van der Waals surface area contributed by atoms with E-state index in [2.05, 4.69) is 0 Å². The van der Waals surface area contributed by atoms with Gasteiger partial charge in [-0.3, -0.25) is 0 Å². The van der Waals surface area contributed by atoms with E-state index in [1.54, 1.807) is 0 Å². The Kier molecular flexibility index (Phi) is 242. The Labute approximate surface area is 104 Å². The first kappa shape index (κ1) is 43.6. The average molecular weight is 230 g/mol. The molecule has 0 fully saturated rings. The molecule has 0 bridgehead atoms. The molecule has 0 aliphatic carbocycles. The van der Waals surface area contributed by atoms with E-state index in [4.69, 9.17) is 11.5 Å². The third-order valence-electron chi connectivity index (χ3n) is 0.167. The van der Waals surface area contributed by atoms with E-state index in [1.807, 2.05) is 0 Å². The molecule has 2 nitrogen and oxygen atoms in total. The van der Waals surface area contributed by atoms with Gasteiger partial charge in [0.1, 0.15) is 0 Å². The third-order valence-corrected chi connectivity index (χ3v) is 0.167. The Balaban J connectivity index is -0.00000000300. The third kappa shape index (κ3) is 69.4. The van der Waals surface area contributed by atoms with Gasteiger partial charge in [-0.25, -0.2) is 0 Å². The quantitative estimate of drug-likeness (QED) is 0.498. The van der Waals surface area contributed by atoms with Gasteiger partial charge in [-0.2, -0.15) is 0 Å². The van der Waals surface area contributed by atoms with E-state index in [1.165, 1.54) is 0 Å². The van der Waals surface area contributed by atoms with E-state index in [9.17, 15) is 0 Å². The second-order valence-electron chi connectivity index (χ2n) is 0.577. The number of rotatable bonds is 1. The Bertz CT molecular complexity index is 23.2. The molecule has 0 unspecified atom stereocenters. The largest absolute Gasteiger partial charge is 1.00 e. The maximum absolute atomic E-state index is 4.90. The van der Waals surface area contributed by atoms with Crippen molar-refractivity contribution in [3.05, 3.63) is 0 Å². The molecule has 9 heavy (non-hydrogen) atoms. The topological polar surface area (TPSA) is 52.0 Å². The molecule has 7 heteroatoms. The van der Waals surface area contributed by atoms with Crippen molar-refractivity contribution < 1.29 is 31.0 Å². The fourth-order valence-electron chi connectivity index (χ4n) is 0. The molecule has 0 saturated carbocycles. The number of hydrogen-bond donors (Lipinski definition) is 2. The summed E-state index contributed by atoms with van der Waals surface area (Å²) in [7, 11) is 0. The first-order chi connectivity index (χ1) is 1.91. The molecule has 0 aromatic heterocycles. The first-order valence-electron chi connectivity index (χ1n) is 1.32. The van der Waals surface area contributed by atoms with Crippen LogP contribution in [-0.2, 0) is 0 Å². The number of halogens is 4. The Hall–Kier alpha value is 2.08. The van der Waals surface area contributed by atoms with Gasteiger partial charge in [-0.05, 0) is 0 Å². The van der Waals surface area contributed by atoms with Crippen molar-refractivity contribution in [3.63, 3.8) is 0 Å². The van der Waals surface area contributed by atoms with Crippen LogP contribution in [0.1, 0.15) is 1.43 Å². The minimum absolute atomic E-state index is 0. The Morgan fingerprint density at radius 1 is 0.778 bits per heavy atom. The van der Waals surface area contributed by atoms with Gasteiger partial charge in [0.15, 0.2) is 0 Å². The summed E-state index contributed by atoms with van der Waals surface area (Å²) in [6, 6.07) is 0. The summed E-state index contributed by atoms with van der Waals surface area (Å²) in [5.74, 6) is 0. The van der Waals surface area contributed by atoms with Gasteiger partial charge in [0.25, 0.3) is 0 Å². The summed E-state index contributed by atoms with van der Waals surface area (Å²) in [6.45, 7) is 1.19. The van der Waals surface area contributed by atoms with Crippen LogP contribution in [0.2, 0.25) is 0 Å². The van der Waals surface area contributed by atoms with Crippen LogP contribution in [0.5, 0.6) is 0 Å². The number of hydrogen-bond acceptors (Lipinski definition) is 2.